The van der Waals surface area contributed by atoms with E-state index in [4.69, 9.17) is 21.1 Å². The van der Waals surface area contributed by atoms with Crippen molar-refractivity contribution < 1.29 is 39.3 Å². The molecule has 8 N–H and O–H groups in total. The highest BCUT2D eigenvalue weighted by Gasteiger charge is 2.27. The molecule has 0 aliphatic carbocycles. The van der Waals surface area contributed by atoms with Gasteiger partial charge in [-0.05, 0) is 12.3 Å². The highest BCUT2D eigenvalue weighted by atomic mass is 16.4. The van der Waals surface area contributed by atoms with E-state index in [0.29, 0.717) is 0 Å². The minimum Gasteiger partial charge on any atom is -0.481 e. The molecule has 0 aromatic rings. The number of aliphatic carboxylic acids is 2. The molecule has 0 spiro atoms. The maximum Gasteiger partial charge on any atom is 0.328 e. The predicted molar refractivity (Wildman–Crippen MR) is 91.3 cm³/mol. The van der Waals surface area contributed by atoms with Gasteiger partial charge in [0.25, 0.3) is 0 Å². The number of nitrogens with two attached hydrogens (primary N) is 1. The molecule has 0 aromatic carbocycles. The molecule has 0 saturated heterocycles. The van der Waals surface area contributed by atoms with Crippen molar-refractivity contribution in [3.63, 3.8) is 0 Å². The summed E-state index contributed by atoms with van der Waals surface area (Å²) in [5.74, 6) is -5.22. The molecule has 0 radical (unpaired) electrons. The van der Waals surface area contributed by atoms with Gasteiger partial charge in [-0.15, -0.1) is 0 Å². The van der Waals surface area contributed by atoms with Crippen molar-refractivity contribution in [3.05, 3.63) is 0 Å². The maximum atomic E-state index is 12.1. The first kappa shape index (κ1) is 24.3. The number of amides is 3. The van der Waals surface area contributed by atoms with Gasteiger partial charge in [0, 0.05) is 6.42 Å². The van der Waals surface area contributed by atoms with Crippen LogP contribution in [0.15, 0.2) is 0 Å². The molecule has 0 aromatic heterocycles. The Kier molecular flexibility index (Phi) is 10.6. The molecule has 12 nitrogen and oxygen atoms in total. The lowest BCUT2D eigenvalue weighted by atomic mass is 10.1. The van der Waals surface area contributed by atoms with Crippen LogP contribution < -0.4 is 21.7 Å². The van der Waals surface area contributed by atoms with E-state index >= 15 is 0 Å². The lowest BCUT2D eigenvalue weighted by molar-refractivity contribution is -0.144. The van der Waals surface area contributed by atoms with Gasteiger partial charge in [0.05, 0.1) is 19.2 Å². The van der Waals surface area contributed by atoms with E-state index in [1.165, 1.54) is 0 Å². The summed E-state index contributed by atoms with van der Waals surface area (Å²) in [5, 5.41) is 33.0. The van der Waals surface area contributed by atoms with Crippen molar-refractivity contribution in [2.24, 2.45) is 11.7 Å². The van der Waals surface area contributed by atoms with E-state index in [9.17, 15) is 24.0 Å². The van der Waals surface area contributed by atoms with Crippen LogP contribution in [0.2, 0.25) is 0 Å². The van der Waals surface area contributed by atoms with E-state index in [1.54, 1.807) is 13.8 Å². The highest BCUT2D eigenvalue weighted by molar-refractivity contribution is 5.92. The third-order valence-electron chi connectivity index (χ3n) is 3.54. The number of carboxylic acid groups (broad SMARTS) is 2. The molecular weight excluding hydrogens is 364 g/mol. The van der Waals surface area contributed by atoms with Crippen LogP contribution in [0.1, 0.15) is 26.7 Å². The van der Waals surface area contributed by atoms with Crippen molar-refractivity contribution in [1.29, 1.82) is 0 Å². The van der Waals surface area contributed by atoms with Crippen LogP contribution in [-0.2, 0) is 24.0 Å². The SMILES string of the molecule is CC(C)[C@H](N)C(=O)NCC(=O)N[C@@H](CCC(=O)O)C(=O)N[C@@H](CO)C(=O)O. The van der Waals surface area contributed by atoms with Gasteiger partial charge in [0.1, 0.15) is 12.1 Å². The lowest BCUT2D eigenvalue weighted by Crippen LogP contribution is -2.54. The van der Waals surface area contributed by atoms with E-state index in [0.717, 1.165) is 0 Å². The summed E-state index contributed by atoms with van der Waals surface area (Å²) in [6.07, 6.45) is -0.788. The minimum atomic E-state index is -1.61. The zero-order chi connectivity index (χ0) is 21.1. The number of rotatable bonds is 12. The van der Waals surface area contributed by atoms with Gasteiger partial charge in [0.2, 0.25) is 17.7 Å². The van der Waals surface area contributed by atoms with Crippen molar-refractivity contribution >= 4 is 29.7 Å². The zero-order valence-electron chi connectivity index (χ0n) is 15.1. The second-order valence-corrected chi connectivity index (χ2v) is 6.12. The molecule has 154 valence electrons. The second-order valence-electron chi connectivity index (χ2n) is 6.12. The van der Waals surface area contributed by atoms with Crippen LogP contribution >= 0.6 is 0 Å². The average molecular weight is 390 g/mol. The lowest BCUT2D eigenvalue weighted by Gasteiger charge is -2.21. The van der Waals surface area contributed by atoms with Crippen molar-refractivity contribution in [3.8, 4) is 0 Å². The minimum absolute atomic E-state index is 0.159. The summed E-state index contributed by atoms with van der Waals surface area (Å²) in [5.41, 5.74) is 5.62. The maximum absolute atomic E-state index is 12.1. The topological polar surface area (TPSA) is 208 Å². The Hall–Kier alpha value is -2.73. The van der Waals surface area contributed by atoms with Crippen LogP contribution in [-0.4, -0.2) is 76.3 Å². The number of hydrogen-bond acceptors (Lipinski definition) is 7. The largest absolute Gasteiger partial charge is 0.481 e. The van der Waals surface area contributed by atoms with Crippen LogP contribution in [0.25, 0.3) is 0 Å². The first-order valence-electron chi connectivity index (χ1n) is 8.18. The predicted octanol–water partition coefficient (Wildman–Crippen LogP) is -3.00. The van der Waals surface area contributed by atoms with E-state index in [1.807, 2.05) is 5.32 Å². The number of nitrogens with one attached hydrogen (secondary N) is 3. The van der Waals surface area contributed by atoms with Crippen LogP contribution in [0.4, 0.5) is 0 Å². The second kappa shape index (κ2) is 11.8. The number of aliphatic hydroxyl groups excluding tert-OH is 1. The third-order valence-corrected chi connectivity index (χ3v) is 3.54. The van der Waals surface area contributed by atoms with Gasteiger partial charge in [-0.1, -0.05) is 13.8 Å². The molecule has 0 heterocycles. The average Bonchev–Trinajstić information content (AvgIpc) is 2.59. The fourth-order valence-corrected chi connectivity index (χ4v) is 1.83. The monoisotopic (exact) mass is 390 g/mol. The van der Waals surface area contributed by atoms with Crippen LogP contribution in [0.5, 0.6) is 0 Å². The molecule has 0 bridgehead atoms. The highest BCUT2D eigenvalue weighted by Crippen LogP contribution is 2.00. The molecule has 12 heteroatoms. The molecule has 0 saturated carbocycles. The molecule has 0 unspecified atom stereocenters. The zero-order valence-corrected chi connectivity index (χ0v) is 15.1. The van der Waals surface area contributed by atoms with E-state index in [-0.39, 0.29) is 12.3 Å². The number of carboxylic acids is 2. The summed E-state index contributed by atoms with van der Waals surface area (Å²) in [6.45, 7) is 2.05. The smallest absolute Gasteiger partial charge is 0.328 e. The number of hydrogen-bond donors (Lipinski definition) is 7. The molecule has 0 rings (SSSR count). The Labute approximate surface area is 155 Å². The van der Waals surface area contributed by atoms with Gasteiger partial charge in [-0.3, -0.25) is 19.2 Å². The van der Waals surface area contributed by atoms with Crippen molar-refractivity contribution in [2.45, 2.75) is 44.8 Å². The Morgan fingerprint density at radius 3 is 2.00 bits per heavy atom. The Morgan fingerprint density at radius 2 is 1.56 bits per heavy atom. The quantitative estimate of drug-likeness (QED) is 0.181. The Morgan fingerprint density at radius 1 is 0.963 bits per heavy atom. The summed E-state index contributed by atoms with van der Waals surface area (Å²) < 4.78 is 0. The normalized spacial score (nSPS) is 14.0. The molecule has 0 aliphatic rings. The molecular formula is C15H26N4O8. The van der Waals surface area contributed by atoms with Crippen LogP contribution in [0, 0.1) is 5.92 Å². The summed E-state index contributed by atoms with van der Waals surface area (Å²) in [7, 11) is 0. The van der Waals surface area contributed by atoms with Gasteiger partial charge in [-0.25, -0.2) is 4.79 Å². The summed E-state index contributed by atoms with van der Waals surface area (Å²) in [6, 6.07) is -3.80. The first-order chi connectivity index (χ1) is 12.5. The Bertz CT molecular complexity index is 566. The van der Waals surface area contributed by atoms with Crippen molar-refractivity contribution in [1.82, 2.24) is 16.0 Å². The van der Waals surface area contributed by atoms with Gasteiger partial charge >= 0.3 is 11.9 Å². The summed E-state index contributed by atoms with van der Waals surface area (Å²) in [4.78, 5) is 57.3. The Balaban J connectivity index is 4.86. The fourth-order valence-electron chi connectivity index (χ4n) is 1.83. The fraction of sp³-hybridized carbons (Fsp3) is 0.667. The number of carbonyl (C=O) groups excluding carboxylic acids is 3. The first-order valence-corrected chi connectivity index (χ1v) is 8.18. The third kappa shape index (κ3) is 9.51. The molecule has 3 atom stereocenters. The number of aliphatic hydroxyl groups is 1. The molecule has 0 aliphatic heterocycles. The molecule has 0 fully saturated rings. The standard InChI is InChI=1S/C15H26N4O8/c1-7(2)12(16)14(25)17-5-10(21)18-8(3-4-11(22)23)13(24)19-9(6-20)15(26)27/h7-9,12,20H,3-6,16H2,1-2H3,(H,17,25)(H,18,21)(H,19,24)(H,22,23)(H,26,27)/t8-,9-,12-/m0/s1. The number of carbonyl (C=O) groups is 5. The van der Waals surface area contributed by atoms with Gasteiger partial charge in [-0.2, -0.15) is 0 Å². The van der Waals surface area contributed by atoms with Gasteiger partial charge < -0.3 is 37.0 Å². The van der Waals surface area contributed by atoms with Crippen molar-refractivity contribution in [2.75, 3.05) is 13.2 Å². The van der Waals surface area contributed by atoms with E-state index in [2.05, 4.69) is 10.6 Å². The summed E-state index contributed by atoms with van der Waals surface area (Å²) >= 11 is 0. The van der Waals surface area contributed by atoms with Gasteiger partial charge in [0.15, 0.2) is 0 Å². The molecule has 27 heavy (non-hydrogen) atoms. The van der Waals surface area contributed by atoms with Crippen LogP contribution in [0.3, 0.4) is 0 Å². The van der Waals surface area contributed by atoms with E-state index < -0.39 is 67.4 Å². The molecule has 3 amide bonds.